The molecule has 33 heavy (non-hydrogen) atoms. The van der Waals surface area contributed by atoms with Crippen LogP contribution in [0.1, 0.15) is 98.3 Å². The molecule has 0 amide bonds. The van der Waals surface area contributed by atoms with Crippen molar-refractivity contribution in [3.63, 3.8) is 0 Å². The lowest BCUT2D eigenvalue weighted by Gasteiger charge is -2.51. The summed E-state index contributed by atoms with van der Waals surface area (Å²) in [6.45, 7) is 14.0. The Bertz CT molecular complexity index is 899. The molecule has 1 heterocycles. The first kappa shape index (κ1) is 22.6. The van der Waals surface area contributed by atoms with Gasteiger partial charge < -0.3 is 10.4 Å². The van der Waals surface area contributed by atoms with E-state index < -0.39 is 0 Å². The number of rotatable bonds is 2. The third kappa shape index (κ3) is 3.48. The van der Waals surface area contributed by atoms with Crippen LogP contribution < -0.4 is 5.32 Å². The van der Waals surface area contributed by atoms with E-state index in [9.17, 15) is 5.11 Å². The topological polar surface area (TPSA) is 32.3 Å². The van der Waals surface area contributed by atoms with Gasteiger partial charge in [-0.05, 0) is 132 Å². The highest BCUT2D eigenvalue weighted by Crippen LogP contribution is 2.63. The van der Waals surface area contributed by atoms with Gasteiger partial charge in [0.05, 0.1) is 6.10 Å². The molecule has 1 saturated heterocycles. The summed E-state index contributed by atoms with van der Waals surface area (Å²) in [5.74, 6) is 4.83. The lowest BCUT2D eigenvalue weighted by atomic mass is 9.60. The van der Waals surface area contributed by atoms with E-state index in [2.05, 4.69) is 45.7 Å². The van der Waals surface area contributed by atoms with Crippen molar-refractivity contribution in [2.75, 3.05) is 0 Å². The largest absolute Gasteiger partial charge is 0.393 e. The van der Waals surface area contributed by atoms with Crippen molar-refractivity contribution in [1.29, 1.82) is 0 Å². The fourth-order valence-electron chi connectivity index (χ4n) is 10.2. The second-order valence-electron chi connectivity index (χ2n) is 13.8. The Labute approximate surface area is 202 Å². The molecule has 1 aliphatic heterocycles. The molecule has 2 nitrogen and oxygen atoms in total. The van der Waals surface area contributed by atoms with Crippen molar-refractivity contribution in [3.05, 3.63) is 34.9 Å². The van der Waals surface area contributed by atoms with Crippen molar-refractivity contribution in [3.8, 4) is 0 Å². The summed E-state index contributed by atoms with van der Waals surface area (Å²) in [4.78, 5) is 0. The van der Waals surface area contributed by atoms with Crippen molar-refractivity contribution >= 4 is 0 Å². The highest BCUT2D eigenvalue weighted by atomic mass is 16.3. The zero-order valence-electron chi connectivity index (χ0n) is 21.6. The molecule has 0 spiro atoms. The maximum atomic E-state index is 10.5. The van der Waals surface area contributed by atoms with E-state index in [-0.39, 0.29) is 11.6 Å². The van der Waals surface area contributed by atoms with E-state index in [0.717, 1.165) is 42.4 Å². The highest BCUT2D eigenvalue weighted by molar-refractivity contribution is 5.41. The molecule has 0 bridgehead atoms. The van der Waals surface area contributed by atoms with Crippen LogP contribution in [-0.2, 0) is 0 Å². The van der Waals surface area contributed by atoms with E-state index >= 15 is 0 Å². The van der Waals surface area contributed by atoms with Crippen LogP contribution in [0, 0.1) is 40.9 Å². The van der Waals surface area contributed by atoms with Crippen LogP contribution in [0.3, 0.4) is 0 Å². The second kappa shape index (κ2) is 7.82. The fraction of sp³-hybridized carbons (Fsp3) is 0.806. The van der Waals surface area contributed by atoms with Gasteiger partial charge in [-0.3, -0.25) is 0 Å². The van der Waals surface area contributed by atoms with E-state index in [0.29, 0.717) is 17.4 Å². The predicted molar refractivity (Wildman–Crippen MR) is 137 cm³/mol. The molecule has 10 atom stereocenters. The summed E-state index contributed by atoms with van der Waals surface area (Å²) >= 11 is 0. The summed E-state index contributed by atoms with van der Waals surface area (Å²) in [5, 5.41) is 14.8. The number of fused-ring (bicyclic) bond motifs is 6. The van der Waals surface area contributed by atoms with Gasteiger partial charge in [0.25, 0.3) is 0 Å². The summed E-state index contributed by atoms with van der Waals surface area (Å²) < 4.78 is 0. The van der Waals surface area contributed by atoms with Crippen LogP contribution >= 0.6 is 0 Å². The summed E-state index contributed by atoms with van der Waals surface area (Å²) in [6.07, 6.45) is 16.6. The van der Waals surface area contributed by atoms with Gasteiger partial charge in [0.2, 0.25) is 0 Å². The Kier molecular flexibility index (Phi) is 5.36. The molecule has 4 saturated carbocycles. The first-order valence-corrected chi connectivity index (χ1v) is 14.2. The van der Waals surface area contributed by atoms with Crippen LogP contribution in [0.2, 0.25) is 0 Å². The van der Waals surface area contributed by atoms with Gasteiger partial charge in [-0.1, -0.05) is 41.9 Å². The number of allylic oxidation sites excluding steroid dienone is 4. The first-order chi connectivity index (χ1) is 15.7. The van der Waals surface area contributed by atoms with Gasteiger partial charge in [0.15, 0.2) is 0 Å². The van der Waals surface area contributed by atoms with Gasteiger partial charge in [0, 0.05) is 11.6 Å². The SMILES string of the molecule is C=C(C)[C@@H]1CC[C@@]2(C)CC([C@H]3CC[C@@H]4C[C@@H]5C[C@H]6CC[C@H](O)C[C@H]6[C@@H]5[C@]4(C)N3)=CC(C)=C2C1. The lowest BCUT2D eigenvalue weighted by molar-refractivity contribution is 0.0297. The minimum Gasteiger partial charge on any atom is -0.393 e. The third-order valence-electron chi connectivity index (χ3n) is 11.9. The predicted octanol–water partition coefficient (Wildman–Crippen LogP) is 6.96. The van der Waals surface area contributed by atoms with Crippen LogP contribution in [0.5, 0.6) is 0 Å². The second-order valence-corrected chi connectivity index (χ2v) is 13.8. The molecular formula is C31H47NO. The number of hydrogen-bond donors (Lipinski definition) is 2. The zero-order valence-corrected chi connectivity index (χ0v) is 21.6. The van der Waals surface area contributed by atoms with Gasteiger partial charge in [-0.2, -0.15) is 0 Å². The number of hydrogen-bond acceptors (Lipinski definition) is 2. The molecule has 0 aromatic rings. The van der Waals surface area contributed by atoms with Crippen LogP contribution in [0.4, 0.5) is 0 Å². The summed E-state index contributed by atoms with van der Waals surface area (Å²) in [7, 11) is 0. The van der Waals surface area contributed by atoms with Crippen LogP contribution in [-0.4, -0.2) is 22.8 Å². The quantitative estimate of drug-likeness (QED) is 0.447. The molecule has 6 aliphatic rings. The Balaban J connectivity index is 1.26. The molecule has 182 valence electrons. The lowest BCUT2D eigenvalue weighted by Crippen LogP contribution is -2.60. The summed E-state index contributed by atoms with van der Waals surface area (Å²) in [6, 6.07) is 0.546. The minimum absolute atomic E-state index is 0.0476. The van der Waals surface area contributed by atoms with Crippen molar-refractivity contribution in [2.24, 2.45) is 40.9 Å². The van der Waals surface area contributed by atoms with Gasteiger partial charge >= 0.3 is 0 Å². The molecule has 5 fully saturated rings. The number of aliphatic hydroxyl groups excluding tert-OH is 1. The Hall–Kier alpha value is -0.860. The normalized spacial score (nSPS) is 51.4. The van der Waals surface area contributed by atoms with Crippen molar-refractivity contribution in [2.45, 2.75) is 116 Å². The molecular weight excluding hydrogens is 402 g/mol. The molecule has 2 heteroatoms. The van der Waals surface area contributed by atoms with Crippen LogP contribution in [0.25, 0.3) is 0 Å². The molecule has 0 aromatic heterocycles. The molecule has 0 aromatic carbocycles. The molecule has 0 radical (unpaired) electrons. The number of nitrogens with one attached hydrogen (secondary N) is 1. The molecule has 2 N–H and O–H groups in total. The van der Waals surface area contributed by atoms with E-state index in [1.807, 2.05) is 0 Å². The van der Waals surface area contributed by atoms with Crippen LogP contribution in [0.15, 0.2) is 34.9 Å². The molecule has 0 unspecified atom stereocenters. The number of piperidine rings is 1. The maximum absolute atomic E-state index is 10.5. The Morgan fingerprint density at radius 2 is 1.88 bits per heavy atom. The van der Waals surface area contributed by atoms with E-state index in [4.69, 9.17) is 0 Å². The fourth-order valence-corrected chi connectivity index (χ4v) is 10.2. The van der Waals surface area contributed by atoms with Gasteiger partial charge in [0.1, 0.15) is 0 Å². The average Bonchev–Trinajstić information content (AvgIpc) is 3.25. The zero-order chi connectivity index (χ0) is 23.1. The maximum Gasteiger partial charge on any atom is 0.0543 e. The molecule has 6 rings (SSSR count). The third-order valence-corrected chi connectivity index (χ3v) is 11.9. The standard InChI is InChI=1S/C31H47NO/c1-18(2)20-10-11-30(4)17-23(12-19(3)27(30)15-20)28-9-7-24-14-22-13-21-6-8-25(33)16-26(21)29(22)31(24,5)32-28/h12,20-22,24-26,28-29,32-33H,1,6-11,13-17H2,2-5H3/t20-,21-,22+,24-,25+,26-,28-,29-,30+,31-/m1/s1. The smallest absolute Gasteiger partial charge is 0.0543 e. The number of aliphatic hydroxyl groups is 1. The Morgan fingerprint density at radius 1 is 1.06 bits per heavy atom. The average molecular weight is 450 g/mol. The minimum atomic E-state index is -0.0476. The van der Waals surface area contributed by atoms with Gasteiger partial charge in [-0.25, -0.2) is 0 Å². The van der Waals surface area contributed by atoms with Crippen molar-refractivity contribution < 1.29 is 5.11 Å². The van der Waals surface area contributed by atoms with E-state index in [1.54, 1.807) is 16.7 Å². The monoisotopic (exact) mass is 449 g/mol. The Morgan fingerprint density at radius 3 is 2.67 bits per heavy atom. The van der Waals surface area contributed by atoms with Gasteiger partial charge in [-0.15, -0.1) is 0 Å². The van der Waals surface area contributed by atoms with E-state index in [1.165, 1.54) is 63.4 Å². The van der Waals surface area contributed by atoms with Crippen molar-refractivity contribution in [1.82, 2.24) is 5.32 Å². The summed E-state index contributed by atoms with van der Waals surface area (Å²) in [5.41, 5.74) is 6.96. The highest BCUT2D eigenvalue weighted by Gasteiger charge is 2.61. The first-order valence-electron chi connectivity index (χ1n) is 14.2. The molecule has 5 aliphatic carbocycles.